The number of halogens is 1. The van der Waals surface area contributed by atoms with Gasteiger partial charge in [-0.15, -0.1) is 0 Å². The summed E-state index contributed by atoms with van der Waals surface area (Å²) in [6.07, 6.45) is 7.37. The highest BCUT2D eigenvalue weighted by Crippen LogP contribution is 2.58. The highest BCUT2D eigenvalue weighted by Gasteiger charge is 2.48. The molecule has 0 radical (unpaired) electrons. The Morgan fingerprint density at radius 3 is 2.52 bits per heavy atom. The lowest BCUT2D eigenvalue weighted by Crippen LogP contribution is -2.37. The van der Waals surface area contributed by atoms with Crippen LogP contribution in [0.1, 0.15) is 54.6 Å². The number of ether oxygens (including phenoxy) is 2. The molecule has 40 heavy (non-hydrogen) atoms. The maximum absolute atomic E-state index is 12.2. The van der Waals surface area contributed by atoms with E-state index in [-0.39, 0.29) is 0 Å². The van der Waals surface area contributed by atoms with E-state index in [4.69, 9.17) is 15.2 Å². The second kappa shape index (κ2) is 12.5. The number of pyridine rings is 1. The predicted octanol–water partition coefficient (Wildman–Crippen LogP) is 6.71. The second-order valence-corrected chi connectivity index (χ2v) is 12.0. The van der Waals surface area contributed by atoms with Crippen molar-refractivity contribution in [3.05, 3.63) is 76.4 Å². The van der Waals surface area contributed by atoms with Gasteiger partial charge in [-0.3, -0.25) is 0 Å². The number of benzene rings is 2. The van der Waals surface area contributed by atoms with Gasteiger partial charge in [0.15, 0.2) is 5.69 Å². The first-order valence-electron chi connectivity index (χ1n) is 14.1. The van der Waals surface area contributed by atoms with Crippen LogP contribution >= 0.6 is 15.9 Å². The zero-order chi connectivity index (χ0) is 28.1. The topological polar surface area (TPSA) is 80.9 Å². The molecule has 2 aliphatic rings. The van der Waals surface area contributed by atoms with Crippen LogP contribution in [-0.2, 0) is 11.3 Å². The van der Waals surface area contributed by atoms with Crippen molar-refractivity contribution in [2.75, 3.05) is 49.4 Å². The number of anilines is 3. The minimum absolute atomic E-state index is 0.330. The molecule has 8 heteroatoms. The Balaban J connectivity index is 1.23. The predicted molar refractivity (Wildman–Crippen MR) is 164 cm³/mol. The molecule has 1 aliphatic carbocycles. The van der Waals surface area contributed by atoms with E-state index in [2.05, 4.69) is 48.9 Å². The number of carbonyl (C=O) groups excluding carboxylic acids is 1. The average molecular weight is 608 g/mol. The van der Waals surface area contributed by atoms with Crippen molar-refractivity contribution in [1.82, 2.24) is 4.98 Å². The third-order valence-corrected chi connectivity index (χ3v) is 9.17. The lowest BCUT2D eigenvalue weighted by atomic mass is 9.78. The second-order valence-electron chi connectivity index (χ2n) is 11.1. The number of piperidine rings is 1. The zero-order valence-corrected chi connectivity index (χ0v) is 25.0. The largest absolute Gasteiger partial charge is 0.497 e. The Morgan fingerprint density at radius 2 is 1.85 bits per heavy atom. The van der Waals surface area contributed by atoms with E-state index in [0.29, 0.717) is 17.7 Å². The average Bonchev–Trinajstić information content (AvgIpc) is 3.79. The summed E-state index contributed by atoms with van der Waals surface area (Å²) in [7, 11) is 3.07. The standard InChI is InChI=1S/C32H39BrN4O3/c1-39-26-10-7-23(8-11-26)22-37(30-6-3-5-28(35-30)31(38)40-2)18-4-15-32(16-17-32)24-13-19-36(20-14-24)29-21-25(33)9-12-27(29)34/h3,5-12,21,24H,4,13-20,22,34H2,1-2H3. The smallest absolute Gasteiger partial charge is 0.356 e. The van der Waals surface area contributed by atoms with Crippen LogP contribution in [0.5, 0.6) is 5.75 Å². The molecular weight excluding hydrogens is 568 g/mol. The molecule has 2 N–H and O–H groups in total. The molecule has 0 spiro atoms. The van der Waals surface area contributed by atoms with Gasteiger partial charge in [-0.1, -0.05) is 34.1 Å². The van der Waals surface area contributed by atoms with Crippen LogP contribution in [0.15, 0.2) is 65.1 Å². The number of methoxy groups -OCH3 is 2. The van der Waals surface area contributed by atoms with Crippen molar-refractivity contribution in [3.8, 4) is 5.75 Å². The number of nitrogens with two attached hydrogens (primary N) is 1. The number of rotatable bonds is 11. The molecule has 2 heterocycles. The van der Waals surface area contributed by atoms with Crippen LogP contribution in [0.2, 0.25) is 0 Å². The van der Waals surface area contributed by atoms with Gasteiger partial charge in [0.1, 0.15) is 11.6 Å². The summed E-state index contributed by atoms with van der Waals surface area (Å²) >= 11 is 3.60. The Morgan fingerprint density at radius 1 is 1.10 bits per heavy atom. The number of aromatic nitrogens is 1. The molecule has 2 fully saturated rings. The molecule has 5 rings (SSSR count). The molecule has 1 saturated carbocycles. The van der Waals surface area contributed by atoms with E-state index in [1.807, 2.05) is 36.4 Å². The molecule has 2 aromatic carbocycles. The summed E-state index contributed by atoms with van der Waals surface area (Å²) in [5.74, 6) is 1.97. The number of hydrogen-bond acceptors (Lipinski definition) is 7. The zero-order valence-electron chi connectivity index (χ0n) is 23.4. The van der Waals surface area contributed by atoms with Gasteiger partial charge < -0.3 is 25.0 Å². The fraction of sp³-hybridized carbons (Fsp3) is 0.438. The summed E-state index contributed by atoms with van der Waals surface area (Å²) < 4.78 is 11.3. The summed E-state index contributed by atoms with van der Waals surface area (Å²) in [6.45, 7) is 3.70. The Labute approximate surface area is 245 Å². The van der Waals surface area contributed by atoms with Gasteiger partial charge >= 0.3 is 5.97 Å². The molecule has 3 aromatic rings. The molecule has 0 amide bonds. The lowest BCUT2D eigenvalue weighted by Gasteiger charge is -2.38. The molecule has 0 bridgehead atoms. The summed E-state index contributed by atoms with van der Waals surface area (Å²) in [6, 6.07) is 19.8. The molecule has 0 atom stereocenters. The third-order valence-electron chi connectivity index (χ3n) is 8.67. The third kappa shape index (κ3) is 6.54. The normalized spacial score (nSPS) is 16.4. The Bertz CT molecular complexity index is 1300. The number of hydrogen-bond donors (Lipinski definition) is 1. The van der Waals surface area contributed by atoms with Gasteiger partial charge in [-0.2, -0.15) is 0 Å². The highest BCUT2D eigenvalue weighted by atomic mass is 79.9. The van der Waals surface area contributed by atoms with E-state index in [1.54, 1.807) is 13.2 Å². The quantitative estimate of drug-likeness (QED) is 0.192. The van der Waals surface area contributed by atoms with Gasteiger partial charge in [-0.05, 0) is 97.9 Å². The van der Waals surface area contributed by atoms with Crippen LogP contribution < -0.4 is 20.3 Å². The van der Waals surface area contributed by atoms with Crippen molar-refractivity contribution in [2.45, 2.75) is 45.1 Å². The fourth-order valence-electron chi connectivity index (χ4n) is 6.21. The minimum atomic E-state index is -0.417. The Kier molecular flexibility index (Phi) is 8.84. The van der Waals surface area contributed by atoms with Gasteiger partial charge in [0, 0.05) is 30.7 Å². The van der Waals surface area contributed by atoms with Crippen molar-refractivity contribution in [1.29, 1.82) is 0 Å². The lowest BCUT2D eigenvalue weighted by molar-refractivity contribution is 0.0594. The van der Waals surface area contributed by atoms with Gasteiger partial charge in [-0.25, -0.2) is 9.78 Å². The van der Waals surface area contributed by atoms with E-state index >= 15 is 0 Å². The molecule has 7 nitrogen and oxygen atoms in total. The molecule has 1 aromatic heterocycles. The maximum Gasteiger partial charge on any atom is 0.356 e. The van der Waals surface area contributed by atoms with Crippen molar-refractivity contribution in [2.24, 2.45) is 11.3 Å². The summed E-state index contributed by atoms with van der Waals surface area (Å²) in [4.78, 5) is 21.5. The van der Waals surface area contributed by atoms with Crippen LogP contribution in [0.4, 0.5) is 17.2 Å². The fourth-order valence-corrected chi connectivity index (χ4v) is 6.56. The molecular formula is C32H39BrN4O3. The molecule has 0 unspecified atom stereocenters. The number of nitrogen functional groups attached to an aromatic ring is 1. The number of nitrogens with zero attached hydrogens (tertiary/aromatic N) is 3. The number of carbonyl (C=O) groups is 1. The van der Waals surface area contributed by atoms with Gasteiger partial charge in [0.2, 0.25) is 0 Å². The van der Waals surface area contributed by atoms with Gasteiger partial charge in [0.05, 0.1) is 25.6 Å². The minimum Gasteiger partial charge on any atom is -0.497 e. The maximum atomic E-state index is 12.2. The van der Waals surface area contributed by atoms with Crippen LogP contribution in [-0.4, -0.2) is 44.8 Å². The van der Waals surface area contributed by atoms with Crippen molar-refractivity contribution < 1.29 is 14.3 Å². The molecule has 1 aliphatic heterocycles. The Hall–Kier alpha value is -3.26. The first-order chi connectivity index (χ1) is 19.4. The van der Waals surface area contributed by atoms with Crippen LogP contribution in [0.3, 0.4) is 0 Å². The highest BCUT2D eigenvalue weighted by molar-refractivity contribution is 9.10. The van der Waals surface area contributed by atoms with E-state index in [9.17, 15) is 4.79 Å². The van der Waals surface area contributed by atoms with E-state index in [1.165, 1.54) is 44.8 Å². The molecule has 212 valence electrons. The van der Waals surface area contributed by atoms with E-state index in [0.717, 1.165) is 59.4 Å². The first kappa shape index (κ1) is 28.3. The van der Waals surface area contributed by atoms with E-state index < -0.39 is 5.97 Å². The van der Waals surface area contributed by atoms with Gasteiger partial charge in [0.25, 0.3) is 0 Å². The summed E-state index contributed by atoms with van der Waals surface area (Å²) in [5, 5.41) is 0. The summed E-state index contributed by atoms with van der Waals surface area (Å²) in [5.41, 5.74) is 10.3. The molecule has 1 saturated heterocycles. The first-order valence-corrected chi connectivity index (χ1v) is 14.9. The number of esters is 1. The van der Waals surface area contributed by atoms with Crippen molar-refractivity contribution in [3.63, 3.8) is 0 Å². The SMILES string of the molecule is COC(=O)c1cccc(N(CCCC2(C3CCN(c4cc(Br)ccc4N)CC3)CC2)Cc2ccc(OC)cc2)n1. The van der Waals surface area contributed by atoms with Crippen molar-refractivity contribution >= 4 is 39.1 Å². The van der Waals surface area contributed by atoms with Crippen LogP contribution in [0.25, 0.3) is 0 Å². The van der Waals surface area contributed by atoms with Crippen LogP contribution in [0, 0.1) is 11.3 Å². The monoisotopic (exact) mass is 606 g/mol.